The lowest BCUT2D eigenvalue weighted by Crippen LogP contribution is -2.08. The highest BCUT2D eigenvalue weighted by molar-refractivity contribution is 9.10. The average molecular weight is 321 g/mol. The number of hydrogen-bond donors (Lipinski definition) is 1. The summed E-state index contributed by atoms with van der Waals surface area (Å²) in [7, 11) is 0. The van der Waals surface area contributed by atoms with E-state index in [4.69, 9.17) is 21.8 Å². The minimum absolute atomic E-state index is 0.0702. The van der Waals surface area contributed by atoms with Gasteiger partial charge < -0.3 is 10.2 Å². The maximum Gasteiger partial charge on any atom is 0.152 e. The lowest BCUT2D eigenvalue weighted by atomic mass is 10.1. The average Bonchev–Trinajstić information content (AvgIpc) is 2.72. The standard InChI is InChI=1S/C12H12BrClFNO/c1-2-3-9(16)10-4-6-11(15)8(14)5-7(13)12(6)17-10/h4-5,9H,2-3,16H2,1H3. The summed E-state index contributed by atoms with van der Waals surface area (Å²) in [4.78, 5) is 0. The molecule has 0 aliphatic heterocycles. The van der Waals surface area contributed by atoms with Crippen molar-refractivity contribution in [3.8, 4) is 0 Å². The van der Waals surface area contributed by atoms with Gasteiger partial charge in [0.25, 0.3) is 0 Å². The Morgan fingerprint density at radius 2 is 2.24 bits per heavy atom. The molecular weight excluding hydrogens is 308 g/mol. The number of halogens is 3. The Morgan fingerprint density at radius 3 is 2.88 bits per heavy atom. The monoisotopic (exact) mass is 319 g/mol. The van der Waals surface area contributed by atoms with Crippen LogP contribution in [0.5, 0.6) is 0 Å². The fourth-order valence-electron chi connectivity index (χ4n) is 1.76. The predicted octanol–water partition coefficient (Wildman–Crippen LogP) is 4.79. The molecule has 2 nitrogen and oxygen atoms in total. The molecule has 1 unspecified atom stereocenters. The van der Waals surface area contributed by atoms with Crippen molar-refractivity contribution in [2.75, 3.05) is 0 Å². The van der Waals surface area contributed by atoms with Gasteiger partial charge in [-0.25, -0.2) is 4.39 Å². The fourth-order valence-corrected chi connectivity index (χ4v) is 2.62. The van der Waals surface area contributed by atoms with Crippen molar-refractivity contribution in [1.82, 2.24) is 0 Å². The van der Waals surface area contributed by atoms with E-state index in [-0.39, 0.29) is 11.1 Å². The first-order chi connectivity index (χ1) is 8.04. The number of nitrogens with two attached hydrogens (primary N) is 1. The summed E-state index contributed by atoms with van der Waals surface area (Å²) >= 11 is 9.06. The Morgan fingerprint density at radius 1 is 1.53 bits per heavy atom. The summed E-state index contributed by atoms with van der Waals surface area (Å²) in [6, 6.07) is 2.90. The first-order valence-electron chi connectivity index (χ1n) is 5.37. The van der Waals surface area contributed by atoms with Gasteiger partial charge in [0.05, 0.1) is 20.9 Å². The number of fused-ring (bicyclic) bond motifs is 1. The van der Waals surface area contributed by atoms with Crippen LogP contribution >= 0.6 is 27.5 Å². The Hall–Kier alpha value is -0.580. The molecule has 0 amide bonds. The highest BCUT2D eigenvalue weighted by atomic mass is 79.9. The van der Waals surface area contributed by atoms with Crippen molar-refractivity contribution in [2.45, 2.75) is 25.8 Å². The van der Waals surface area contributed by atoms with Gasteiger partial charge in [-0.3, -0.25) is 0 Å². The molecular formula is C12H12BrClFNO. The molecule has 2 N–H and O–H groups in total. The van der Waals surface area contributed by atoms with E-state index in [1.807, 2.05) is 6.92 Å². The summed E-state index contributed by atoms with van der Waals surface area (Å²) in [5.41, 5.74) is 6.40. The maximum atomic E-state index is 13.8. The lowest BCUT2D eigenvalue weighted by molar-refractivity contribution is 0.474. The molecule has 0 radical (unpaired) electrons. The Bertz CT molecular complexity index is 555. The zero-order valence-electron chi connectivity index (χ0n) is 9.27. The van der Waals surface area contributed by atoms with Crippen LogP contribution in [0.4, 0.5) is 4.39 Å². The van der Waals surface area contributed by atoms with Gasteiger partial charge in [-0.05, 0) is 34.5 Å². The number of hydrogen-bond acceptors (Lipinski definition) is 2. The van der Waals surface area contributed by atoms with Crippen molar-refractivity contribution in [2.24, 2.45) is 5.73 Å². The highest BCUT2D eigenvalue weighted by Gasteiger charge is 2.17. The van der Waals surface area contributed by atoms with Crippen LogP contribution in [0.3, 0.4) is 0 Å². The fraction of sp³-hybridized carbons (Fsp3) is 0.333. The largest absolute Gasteiger partial charge is 0.458 e. The molecule has 1 aromatic heterocycles. The Kier molecular flexibility index (Phi) is 3.76. The molecule has 5 heteroatoms. The van der Waals surface area contributed by atoms with Crippen LogP contribution < -0.4 is 5.73 Å². The van der Waals surface area contributed by atoms with Crippen molar-refractivity contribution in [3.63, 3.8) is 0 Å². The van der Waals surface area contributed by atoms with E-state index in [0.29, 0.717) is 21.2 Å². The minimum Gasteiger partial charge on any atom is -0.458 e. The van der Waals surface area contributed by atoms with Gasteiger partial charge in [0, 0.05) is 0 Å². The maximum absolute atomic E-state index is 13.8. The molecule has 1 atom stereocenters. The second-order valence-electron chi connectivity index (χ2n) is 3.94. The van der Waals surface area contributed by atoms with Crippen molar-refractivity contribution in [1.29, 1.82) is 0 Å². The van der Waals surface area contributed by atoms with Crippen LogP contribution in [-0.2, 0) is 0 Å². The zero-order valence-corrected chi connectivity index (χ0v) is 11.6. The Labute approximate surface area is 112 Å². The van der Waals surface area contributed by atoms with Gasteiger partial charge in [-0.2, -0.15) is 0 Å². The molecule has 0 saturated heterocycles. The SMILES string of the molecule is CCCC(N)c1cc2c(F)c(Cl)cc(Br)c2o1. The van der Waals surface area contributed by atoms with E-state index in [9.17, 15) is 4.39 Å². The van der Waals surface area contributed by atoms with Gasteiger partial charge in [-0.15, -0.1) is 0 Å². The molecule has 0 aliphatic rings. The number of furan rings is 1. The van der Waals surface area contributed by atoms with Crippen LogP contribution in [0, 0.1) is 5.82 Å². The van der Waals surface area contributed by atoms with Crippen LogP contribution in [0.25, 0.3) is 11.0 Å². The van der Waals surface area contributed by atoms with E-state index in [2.05, 4.69) is 15.9 Å². The van der Waals surface area contributed by atoms with E-state index < -0.39 is 5.82 Å². The molecule has 1 heterocycles. The summed E-state index contributed by atoms with van der Waals surface area (Å²) in [5, 5.41) is 0.437. The third kappa shape index (κ3) is 2.34. The summed E-state index contributed by atoms with van der Waals surface area (Å²) < 4.78 is 20.0. The predicted molar refractivity (Wildman–Crippen MR) is 70.7 cm³/mol. The third-order valence-electron chi connectivity index (χ3n) is 2.63. The van der Waals surface area contributed by atoms with Gasteiger partial charge in [0.15, 0.2) is 11.4 Å². The molecule has 1 aromatic carbocycles. The van der Waals surface area contributed by atoms with Gasteiger partial charge in [0.1, 0.15) is 5.76 Å². The van der Waals surface area contributed by atoms with E-state index in [1.165, 1.54) is 6.07 Å². The Balaban J connectivity index is 2.57. The number of rotatable bonds is 3. The molecule has 0 spiro atoms. The van der Waals surface area contributed by atoms with Gasteiger partial charge in [0.2, 0.25) is 0 Å². The molecule has 0 bridgehead atoms. The third-order valence-corrected chi connectivity index (χ3v) is 3.50. The van der Waals surface area contributed by atoms with Crippen molar-refractivity contribution < 1.29 is 8.81 Å². The van der Waals surface area contributed by atoms with Crippen LogP contribution in [0.1, 0.15) is 31.6 Å². The van der Waals surface area contributed by atoms with E-state index in [0.717, 1.165) is 12.8 Å². The quantitative estimate of drug-likeness (QED) is 0.826. The molecule has 2 aromatic rings. The second-order valence-corrected chi connectivity index (χ2v) is 5.20. The van der Waals surface area contributed by atoms with Crippen molar-refractivity contribution >= 4 is 38.5 Å². The van der Waals surface area contributed by atoms with Crippen LogP contribution in [0.15, 0.2) is 21.0 Å². The molecule has 0 saturated carbocycles. The summed E-state index contributed by atoms with van der Waals surface area (Å²) in [5.74, 6) is 0.118. The molecule has 92 valence electrons. The smallest absolute Gasteiger partial charge is 0.152 e. The first kappa shape index (κ1) is 12.9. The second kappa shape index (κ2) is 4.96. The topological polar surface area (TPSA) is 39.2 Å². The molecule has 0 fully saturated rings. The summed E-state index contributed by atoms with van der Waals surface area (Å²) in [6.45, 7) is 2.04. The normalized spacial score (nSPS) is 13.2. The minimum atomic E-state index is -0.469. The molecule has 17 heavy (non-hydrogen) atoms. The van der Waals surface area contributed by atoms with Gasteiger partial charge >= 0.3 is 0 Å². The van der Waals surface area contributed by atoms with E-state index in [1.54, 1.807) is 6.07 Å². The number of benzene rings is 1. The lowest BCUT2D eigenvalue weighted by Gasteiger charge is -2.05. The van der Waals surface area contributed by atoms with E-state index >= 15 is 0 Å². The first-order valence-corrected chi connectivity index (χ1v) is 6.54. The van der Waals surface area contributed by atoms with Gasteiger partial charge in [-0.1, -0.05) is 24.9 Å². The molecule has 2 rings (SSSR count). The summed E-state index contributed by atoms with van der Waals surface area (Å²) in [6.07, 6.45) is 1.75. The molecule has 0 aliphatic carbocycles. The zero-order chi connectivity index (χ0) is 12.6. The van der Waals surface area contributed by atoms with Crippen molar-refractivity contribution in [3.05, 3.63) is 33.2 Å². The van der Waals surface area contributed by atoms with Crippen LogP contribution in [-0.4, -0.2) is 0 Å². The van der Waals surface area contributed by atoms with Crippen LogP contribution in [0.2, 0.25) is 5.02 Å². The highest BCUT2D eigenvalue weighted by Crippen LogP contribution is 2.35.